The maximum Gasteiger partial charge on any atom is 0.0101 e. The van der Waals surface area contributed by atoms with E-state index in [2.05, 4.69) is 31.0 Å². The zero-order valence-electron chi connectivity index (χ0n) is 12.0. The first-order valence-electron chi connectivity index (χ1n) is 7.55. The molecule has 1 heterocycles. The molecular formula is C15H30N2. The van der Waals surface area contributed by atoms with Gasteiger partial charge in [-0.1, -0.05) is 20.8 Å². The molecule has 0 radical (unpaired) electrons. The number of rotatable bonds is 5. The molecule has 0 aromatic heterocycles. The largest absolute Gasteiger partial charge is 0.316 e. The number of nitrogens with zero attached hydrogens (tertiary/aromatic N) is 1. The van der Waals surface area contributed by atoms with Crippen molar-refractivity contribution < 1.29 is 0 Å². The maximum absolute atomic E-state index is 3.58. The fourth-order valence-corrected chi connectivity index (χ4v) is 3.55. The quantitative estimate of drug-likeness (QED) is 0.741. The van der Waals surface area contributed by atoms with Crippen molar-refractivity contribution >= 4 is 0 Å². The molecular weight excluding hydrogens is 208 g/mol. The summed E-state index contributed by atoms with van der Waals surface area (Å²) in [5.74, 6) is 0.908. The lowest BCUT2D eigenvalue weighted by molar-refractivity contribution is 0.219. The molecule has 2 unspecified atom stereocenters. The van der Waals surface area contributed by atoms with Crippen LogP contribution >= 0.6 is 0 Å². The van der Waals surface area contributed by atoms with Crippen LogP contribution in [0.3, 0.4) is 0 Å². The molecule has 0 aromatic rings. The lowest BCUT2D eigenvalue weighted by Crippen LogP contribution is -2.33. The molecule has 2 aliphatic rings. The standard InChI is InChI=1S/C15H30N2/c1-4-8-16-11-13-6-9-17(12-13)14-5-7-15(2,3)10-14/h13-14,16H,4-12H2,1-3H3. The van der Waals surface area contributed by atoms with Gasteiger partial charge in [0.25, 0.3) is 0 Å². The summed E-state index contributed by atoms with van der Waals surface area (Å²) in [4.78, 5) is 2.77. The van der Waals surface area contributed by atoms with Gasteiger partial charge in [0.1, 0.15) is 0 Å². The second-order valence-electron chi connectivity index (χ2n) is 6.91. The molecule has 2 atom stereocenters. The Morgan fingerprint density at radius 2 is 2.12 bits per heavy atom. The SMILES string of the molecule is CCCNCC1CCN(C2CCC(C)(C)C2)C1. The summed E-state index contributed by atoms with van der Waals surface area (Å²) >= 11 is 0. The van der Waals surface area contributed by atoms with Gasteiger partial charge >= 0.3 is 0 Å². The maximum atomic E-state index is 3.58. The predicted molar refractivity (Wildman–Crippen MR) is 74.3 cm³/mol. The van der Waals surface area contributed by atoms with Crippen LogP contribution in [-0.4, -0.2) is 37.1 Å². The summed E-state index contributed by atoms with van der Waals surface area (Å²) in [7, 11) is 0. The van der Waals surface area contributed by atoms with Crippen molar-refractivity contribution in [2.75, 3.05) is 26.2 Å². The van der Waals surface area contributed by atoms with E-state index in [0.29, 0.717) is 5.41 Å². The Labute approximate surface area is 107 Å². The van der Waals surface area contributed by atoms with Crippen molar-refractivity contribution in [1.82, 2.24) is 10.2 Å². The van der Waals surface area contributed by atoms with Crippen molar-refractivity contribution in [3.05, 3.63) is 0 Å². The molecule has 1 aliphatic carbocycles. The molecule has 0 spiro atoms. The summed E-state index contributed by atoms with van der Waals surface area (Å²) in [5, 5.41) is 3.58. The van der Waals surface area contributed by atoms with E-state index in [0.717, 1.165) is 12.0 Å². The molecule has 2 nitrogen and oxygen atoms in total. The molecule has 1 aliphatic heterocycles. The number of likely N-dealkylation sites (tertiary alicyclic amines) is 1. The van der Waals surface area contributed by atoms with Crippen LogP contribution in [0.15, 0.2) is 0 Å². The second kappa shape index (κ2) is 5.71. The highest BCUT2D eigenvalue weighted by molar-refractivity contribution is 4.91. The van der Waals surface area contributed by atoms with Gasteiger partial charge < -0.3 is 10.2 Å². The molecule has 2 fully saturated rings. The van der Waals surface area contributed by atoms with Gasteiger partial charge in [-0.2, -0.15) is 0 Å². The van der Waals surface area contributed by atoms with Gasteiger partial charge in [-0.15, -0.1) is 0 Å². The highest BCUT2D eigenvalue weighted by Crippen LogP contribution is 2.40. The monoisotopic (exact) mass is 238 g/mol. The van der Waals surface area contributed by atoms with Gasteiger partial charge in [0.05, 0.1) is 0 Å². The highest BCUT2D eigenvalue weighted by Gasteiger charge is 2.36. The van der Waals surface area contributed by atoms with E-state index in [1.54, 1.807) is 0 Å². The Hall–Kier alpha value is -0.0800. The fourth-order valence-electron chi connectivity index (χ4n) is 3.55. The average Bonchev–Trinajstić information content (AvgIpc) is 2.85. The predicted octanol–water partition coefficient (Wildman–Crippen LogP) is 2.89. The fraction of sp³-hybridized carbons (Fsp3) is 1.00. The first-order chi connectivity index (χ1) is 8.11. The molecule has 0 amide bonds. The van der Waals surface area contributed by atoms with Gasteiger partial charge in [0, 0.05) is 12.6 Å². The van der Waals surface area contributed by atoms with E-state index in [-0.39, 0.29) is 0 Å². The van der Waals surface area contributed by atoms with Crippen LogP contribution in [0.4, 0.5) is 0 Å². The Kier molecular flexibility index (Phi) is 4.48. The summed E-state index contributed by atoms with van der Waals surface area (Å²) < 4.78 is 0. The zero-order chi connectivity index (χ0) is 12.3. The Morgan fingerprint density at radius 3 is 2.76 bits per heavy atom. The van der Waals surface area contributed by atoms with E-state index in [1.165, 1.54) is 58.3 Å². The zero-order valence-corrected chi connectivity index (χ0v) is 12.0. The van der Waals surface area contributed by atoms with Crippen LogP contribution in [0.1, 0.15) is 52.9 Å². The summed E-state index contributed by atoms with van der Waals surface area (Å²) in [6.07, 6.45) is 6.94. The van der Waals surface area contributed by atoms with Crippen LogP contribution < -0.4 is 5.32 Å². The Morgan fingerprint density at radius 1 is 1.29 bits per heavy atom. The molecule has 0 bridgehead atoms. The molecule has 1 saturated heterocycles. The third kappa shape index (κ3) is 3.69. The Balaban J connectivity index is 1.71. The minimum absolute atomic E-state index is 0.600. The van der Waals surface area contributed by atoms with E-state index < -0.39 is 0 Å². The number of hydrogen-bond acceptors (Lipinski definition) is 2. The van der Waals surface area contributed by atoms with Crippen molar-refractivity contribution in [3.63, 3.8) is 0 Å². The first-order valence-corrected chi connectivity index (χ1v) is 7.55. The topological polar surface area (TPSA) is 15.3 Å². The highest BCUT2D eigenvalue weighted by atomic mass is 15.2. The van der Waals surface area contributed by atoms with Gasteiger partial charge in [-0.25, -0.2) is 0 Å². The van der Waals surface area contributed by atoms with Crippen LogP contribution in [-0.2, 0) is 0 Å². The van der Waals surface area contributed by atoms with Crippen molar-refractivity contribution in [3.8, 4) is 0 Å². The van der Waals surface area contributed by atoms with Crippen LogP contribution in [0.2, 0.25) is 0 Å². The molecule has 0 aromatic carbocycles. The lowest BCUT2D eigenvalue weighted by atomic mass is 9.91. The molecule has 1 N–H and O–H groups in total. The molecule has 2 heteroatoms. The second-order valence-corrected chi connectivity index (χ2v) is 6.91. The van der Waals surface area contributed by atoms with Crippen LogP contribution in [0.5, 0.6) is 0 Å². The Bertz CT molecular complexity index is 237. The van der Waals surface area contributed by atoms with Crippen molar-refractivity contribution in [2.45, 2.75) is 58.9 Å². The van der Waals surface area contributed by atoms with E-state index in [1.807, 2.05) is 0 Å². The molecule has 100 valence electrons. The van der Waals surface area contributed by atoms with Gasteiger partial charge in [-0.3, -0.25) is 0 Å². The normalized spacial score (nSPS) is 33.4. The smallest absolute Gasteiger partial charge is 0.0101 e. The van der Waals surface area contributed by atoms with Crippen LogP contribution in [0, 0.1) is 11.3 Å². The molecule has 2 rings (SSSR count). The third-order valence-corrected chi connectivity index (χ3v) is 4.64. The van der Waals surface area contributed by atoms with Crippen molar-refractivity contribution in [2.24, 2.45) is 11.3 Å². The minimum atomic E-state index is 0.600. The third-order valence-electron chi connectivity index (χ3n) is 4.64. The molecule has 17 heavy (non-hydrogen) atoms. The van der Waals surface area contributed by atoms with Crippen molar-refractivity contribution in [1.29, 1.82) is 0 Å². The average molecular weight is 238 g/mol. The summed E-state index contributed by atoms with van der Waals surface area (Å²) in [5.41, 5.74) is 0.600. The van der Waals surface area contributed by atoms with Gasteiger partial charge in [0.2, 0.25) is 0 Å². The number of hydrogen-bond donors (Lipinski definition) is 1. The van der Waals surface area contributed by atoms with E-state index in [4.69, 9.17) is 0 Å². The minimum Gasteiger partial charge on any atom is -0.316 e. The van der Waals surface area contributed by atoms with Gasteiger partial charge in [-0.05, 0) is 63.1 Å². The lowest BCUT2D eigenvalue weighted by Gasteiger charge is -2.25. The summed E-state index contributed by atoms with van der Waals surface area (Å²) in [6.45, 7) is 12.2. The number of nitrogens with one attached hydrogen (secondary N) is 1. The molecule has 1 saturated carbocycles. The first kappa shape index (κ1) is 13.4. The van der Waals surface area contributed by atoms with Gasteiger partial charge in [0.15, 0.2) is 0 Å². The van der Waals surface area contributed by atoms with E-state index in [9.17, 15) is 0 Å². The van der Waals surface area contributed by atoms with Crippen LogP contribution in [0.25, 0.3) is 0 Å². The summed E-state index contributed by atoms with van der Waals surface area (Å²) in [6, 6.07) is 0.890. The van der Waals surface area contributed by atoms with E-state index >= 15 is 0 Å².